The van der Waals surface area contributed by atoms with Crippen molar-refractivity contribution >= 4 is 27.3 Å². The van der Waals surface area contributed by atoms with E-state index in [0.29, 0.717) is 0 Å². The molecule has 9 nitrogen and oxygen atoms in total. The predicted octanol–water partition coefficient (Wildman–Crippen LogP) is 2.36. The van der Waals surface area contributed by atoms with E-state index in [4.69, 9.17) is 20.7 Å². The van der Waals surface area contributed by atoms with E-state index in [1.807, 2.05) is 0 Å². The molecule has 3 N–H and O–H groups in total. The van der Waals surface area contributed by atoms with Crippen LogP contribution in [-0.4, -0.2) is 55.9 Å². The topological polar surface area (TPSA) is 133 Å². The number of nitrogens with two attached hydrogens (primary N) is 1. The monoisotopic (exact) mass is 498 g/mol. The van der Waals surface area contributed by atoms with Crippen molar-refractivity contribution in [1.29, 1.82) is 0 Å². The molecule has 0 spiro atoms. The summed E-state index contributed by atoms with van der Waals surface area (Å²) in [5.74, 6) is -2.49. The molecular weight excluding hydrogens is 470 g/mol. The molecule has 2 aromatic rings. The molecule has 0 saturated heterocycles. The van der Waals surface area contributed by atoms with Crippen molar-refractivity contribution in [3.63, 3.8) is 0 Å². The maximum Gasteiger partial charge on any atom is 0.274 e. The van der Waals surface area contributed by atoms with Crippen LogP contribution in [-0.2, 0) is 15.4 Å². The van der Waals surface area contributed by atoms with Crippen LogP contribution in [0.2, 0.25) is 0 Å². The van der Waals surface area contributed by atoms with E-state index < -0.39 is 51.6 Å². The summed E-state index contributed by atoms with van der Waals surface area (Å²) in [5.41, 5.74) is 3.69. The van der Waals surface area contributed by atoms with Crippen molar-refractivity contribution in [2.75, 3.05) is 31.4 Å². The number of benzene rings is 1. The molecule has 1 amide bonds. The van der Waals surface area contributed by atoms with Gasteiger partial charge in [0.2, 0.25) is 0 Å². The first-order valence-electron chi connectivity index (χ1n) is 12.1. The molecule has 2 aliphatic heterocycles. The number of halogens is 2. The molecule has 1 aromatic heterocycles. The number of nitrogens with zero attached hydrogens (tertiary/aromatic N) is 2. The number of anilines is 1. The number of aromatic nitrogens is 1. The first-order chi connectivity index (χ1) is 17.4. The molecule has 3 heterocycles. The van der Waals surface area contributed by atoms with Gasteiger partial charge < -0.3 is 20.5 Å². The van der Waals surface area contributed by atoms with Crippen LogP contribution in [0, 0.1) is 5.82 Å². The highest BCUT2D eigenvalue weighted by Crippen LogP contribution is 2.42. The second kappa shape index (κ2) is 8.49. The van der Waals surface area contributed by atoms with Crippen molar-refractivity contribution in [3.05, 3.63) is 47.5 Å². The molecule has 0 saturated carbocycles. The number of ether oxygens (including phenoxy) is 2. The highest BCUT2D eigenvalue weighted by Gasteiger charge is 2.49. The molecule has 4 rings (SSSR count). The average molecular weight is 499 g/mol. The van der Waals surface area contributed by atoms with Crippen LogP contribution in [0.15, 0.2) is 35.5 Å². The van der Waals surface area contributed by atoms with E-state index in [-0.39, 0.29) is 47.1 Å². The van der Waals surface area contributed by atoms with E-state index in [1.165, 1.54) is 13.0 Å². The van der Waals surface area contributed by atoms with Crippen molar-refractivity contribution < 1.29 is 36.9 Å². The first-order valence-corrected chi connectivity index (χ1v) is 11.9. The molecule has 2 atom stereocenters. The van der Waals surface area contributed by atoms with E-state index >= 15 is 0 Å². The number of hydrogen-bond acceptors (Lipinski definition) is 8. The molecule has 0 fully saturated rings. The fraction of sp³-hybridized carbons (Fsp3) is 0.409. The standard InChI is InChI=1S/C22H24F2N4O5S/c1-21(34(2,30)31)5-6-22(12-23,28-20(21)25)14-9-13(3-4-15(14)24)27-19(29)16-10-17-18(11-26-16)33-8-7-32-17/h3-4,9-11H,5-8,12H2,1-2H3,(H2,25,28)(H,27,29)/t21-,22-/m1/s1/i7D2,8D2. The van der Waals surface area contributed by atoms with Crippen molar-refractivity contribution in [1.82, 2.24) is 4.98 Å². The van der Waals surface area contributed by atoms with Gasteiger partial charge in [0.15, 0.2) is 21.3 Å². The average Bonchev–Trinajstić information content (AvgIpc) is 2.81. The largest absolute Gasteiger partial charge is 0.486 e. The highest BCUT2D eigenvalue weighted by molar-refractivity contribution is 7.92. The smallest absolute Gasteiger partial charge is 0.274 e. The van der Waals surface area contributed by atoms with Crippen LogP contribution in [0.25, 0.3) is 0 Å². The van der Waals surface area contributed by atoms with Crippen LogP contribution in [0.1, 0.15) is 41.3 Å². The Bertz CT molecular complexity index is 1460. The SMILES string of the molecule is [2H]C1([2H])Oc2cnc(C(=O)Nc3ccc(F)c([C@]4(CF)CC[C@@](C)(S(C)(=O)=O)C(N)=N4)c3)cc2OC1([2H])[2H]. The van der Waals surface area contributed by atoms with Crippen molar-refractivity contribution in [2.24, 2.45) is 10.7 Å². The molecule has 1 aromatic carbocycles. The number of pyridine rings is 1. The van der Waals surface area contributed by atoms with Gasteiger partial charge in [0.1, 0.15) is 47.4 Å². The van der Waals surface area contributed by atoms with Gasteiger partial charge in [-0.1, -0.05) is 0 Å². The Balaban J connectivity index is 1.64. The number of amidine groups is 1. The lowest BCUT2D eigenvalue weighted by molar-refractivity contribution is 0.102. The Labute approximate surface area is 200 Å². The quantitative estimate of drug-likeness (QED) is 0.647. The van der Waals surface area contributed by atoms with Crippen LogP contribution in [0.4, 0.5) is 14.5 Å². The number of carbonyl (C=O) groups is 1. The maximum absolute atomic E-state index is 14.9. The Morgan fingerprint density at radius 3 is 2.62 bits per heavy atom. The molecule has 12 heteroatoms. The van der Waals surface area contributed by atoms with E-state index in [1.54, 1.807) is 0 Å². The molecule has 0 radical (unpaired) electrons. The third kappa shape index (κ3) is 4.06. The Morgan fingerprint density at radius 1 is 1.26 bits per heavy atom. The number of rotatable bonds is 5. The number of aliphatic imine (C=N–C) groups is 1. The maximum atomic E-state index is 14.9. The Kier molecular flexibility index (Phi) is 4.76. The van der Waals surface area contributed by atoms with Gasteiger partial charge in [0.25, 0.3) is 5.91 Å². The lowest BCUT2D eigenvalue weighted by Gasteiger charge is -2.39. The predicted molar refractivity (Wildman–Crippen MR) is 121 cm³/mol. The molecule has 182 valence electrons. The number of nitrogens with one attached hydrogen (secondary N) is 1. The molecular formula is C22H24F2N4O5S. The number of alkyl halides is 1. The fourth-order valence-corrected chi connectivity index (χ4v) is 4.63. The van der Waals surface area contributed by atoms with Gasteiger partial charge in [-0.15, -0.1) is 0 Å². The van der Waals surface area contributed by atoms with Crippen molar-refractivity contribution in [3.8, 4) is 11.5 Å². The Hall–Kier alpha value is -3.28. The van der Waals surface area contributed by atoms with E-state index in [9.17, 15) is 22.0 Å². The molecule has 0 bridgehead atoms. The Morgan fingerprint density at radius 2 is 1.97 bits per heavy atom. The summed E-state index contributed by atoms with van der Waals surface area (Å²) in [6, 6.07) is 4.41. The summed E-state index contributed by atoms with van der Waals surface area (Å²) in [5, 5.41) is 2.47. The van der Waals surface area contributed by atoms with Gasteiger partial charge >= 0.3 is 0 Å². The summed E-state index contributed by atoms with van der Waals surface area (Å²) >= 11 is 0. The van der Waals surface area contributed by atoms with Gasteiger partial charge in [0.05, 0.1) is 11.7 Å². The minimum atomic E-state index is -3.70. The van der Waals surface area contributed by atoms with E-state index in [0.717, 1.165) is 30.7 Å². The minimum Gasteiger partial charge on any atom is -0.486 e. The van der Waals surface area contributed by atoms with Crippen molar-refractivity contribution in [2.45, 2.75) is 30.1 Å². The van der Waals surface area contributed by atoms with Gasteiger partial charge in [0, 0.05) is 23.6 Å². The number of amides is 1. The number of carbonyl (C=O) groups excluding carboxylic acids is 1. The molecule has 0 aliphatic carbocycles. The number of sulfone groups is 1. The molecule has 34 heavy (non-hydrogen) atoms. The zero-order valence-corrected chi connectivity index (χ0v) is 19.0. The zero-order valence-electron chi connectivity index (χ0n) is 22.2. The molecule has 0 unspecified atom stereocenters. The number of fused-ring (bicyclic) bond motifs is 1. The molecule has 2 aliphatic rings. The summed E-state index contributed by atoms with van der Waals surface area (Å²) in [6.45, 7) is -5.46. The first kappa shape index (κ1) is 19.1. The van der Waals surface area contributed by atoms with Crippen LogP contribution in [0.5, 0.6) is 11.5 Å². The number of hydrogen-bond donors (Lipinski definition) is 2. The van der Waals surface area contributed by atoms with E-state index in [2.05, 4.69) is 15.3 Å². The summed E-state index contributed by atoms with van der Waals surface area (Å²) in [6.07, 6.45) is 1.71. The van der Waals surface area contributed by atoms with Gasteiger partial charge in [-0.2, -0.15) is 0 Å². The zero-order chi connectivity index (χ0) is 28.3. The van der Waals surface area contributed by atoms with Gasteiger partial charge in [-0.3, -0.25) is 9.79 Å². The summed E-state index contributed by atoms with van der Waals surface area (Å²) in [7, 11) is -3.70. The second-order valence-electron chi connectivity index (χ2n) is 8.24. The van der Waals surface area contributed by atoms with Gasteiger partial charge in [-0.05, 0) is 38.0 Å². The van der Waals surface area contributed by atoms with Crippen LogP contribution >= 0.6 is 0 Å². The lowest BCUT2D eigenvalue weighted by atomic mass is 9.80. The minimum absolute atomic E-state index is 0.0350. The normalized spacial score (nSPS) is 29.0. The second-order valence-corrected chi connectivity index (χ2v) is 10.7. The third-order valence-electron chi connectivity index (χ3n) is 6.08. The fourth-order valence-electron chi connectivity index (χ4n) is 3.73. The third-order valence-corrected chi connectivity index (χ3v) is 8.13. The summed E-state index contributed by atoms with van der Waals surface area (Å²) < 4.78 is 92.8. The lowest BCUT2D eigenvalue weighted by Crippen LogP contribution is -2.53. The highest BCUT2D eigenvalue weighted by atomic mass is 32.2. The van der Waals surface area contributed by atoms with Crippen LogP contribution < -0.4 is 20.5 Å². The summed E-state index contributed by atoms with van der Waals surface area (Å²) in [4.78, 5) is 20.8. The van der Waals surface area contributed by atoms with Gasteiger partial charge in [-0.25, -0.2) is 22.2 Å². The van der Waals surface area contributed by atoms with Crippen LogP contribution in [0.3, 0.4) is 0 Å².